The molecule has 194 valence electrons. The Bertz CT molecular complexity index is 1020. The van der Waals surface area contributed by atoms with Crippen LogP contribution in [-0.4, -0.2) is 68.3 Å². The Balaban J connectivity index is 1.76. The molecule has 1 heterocycles. The fourth-order valence-corrected chi connectivity index (χ4v) is 6.54. The molecule has 1 saturated carbocycles. The van der Waals surface area contributed by atoms with Crippen molar-refractivity contribution in [2.45, 2.75) is 50.7 Å². The Morgan fingerprint density at radius 1 is 1.19 bits per heavy atom. The van der Waals surface area contributed by atoms with E-state index in [0.29, 0.717) is 11.8 Å². The maximum Gasteiger partial charge on any atom is 0.254 e. The Morgan fingerprint density at radius 3 is 2.64 bits per heavy atom. The fourth-order valence-electron chi connectivity index (χ4n) is 6.54. The minimum atomic E-state index is -0.0952. The number of hydrogen-bond donors (Lipinski definition) is 0. The molecule has 0 bridgehead atoms. The molecule has 2 aromatic carbocycles. The summed E-state index contributed by atoms with van der Waals surface area (Å²) in [5, 5.41) is 0. The highest BCUT2D eigenvalue weighted by molar-refractivity contribution is 5.94. The van der Waals surface area contributed by atoms with E-state index in [0.717, 1.165) is 56.8 Å². The van der Waals surface area contributed by atoms with Gasteiger partial charge >= 0.3 is 0 Å². The van der Waals surface area contributed by atoms with Gasteiger partial charge in [0.2, 0.25) is 0 Å². The van der Waals surface area contributed by atoms with Crippen LogP contribution in [0.4, 0.5) is 0 Å². The minimum Gasteiger partial charge on any atom is -0.497 e. The first-order chi connectivity index (χ1) is 17.4. The number of benzene rings is 2. The molecule has 1 saturated heterocycles. The van der Waals surface area contributed by atoms with Gasteiger partial charge in [-0.05, 0) is 61.6 Å². The molecule has 1 aliphatic heterocycles. The van der Waals surface area contributed by atoms with Crippen molar-refractivity contribution in [3.63, 3.8) is 0 Å². The lowest BCUT2D eigenvalue weighted by molar-refractivity contribution is -0.0804. The summed E-state index contributed by atoms with van der Waals surface area (Å²) in [5.74, 6) is 1.70. The molecule has 2 fully saturated rings. The van der Waals surface area contributed by atoms with Gasteiger partial charge in [-0.2, -0.15) is 0 Å². The van der Waals surface area contributed by atoms with Crippen molar-refractivity contribution in [2.75, 3.05) is 40.4 Å². The van der Waals surface area contributed by atoms with Crippen molar-refractivity contribution in [2.24, 2.45) is 11.8 Å². The highest BCUT2D eigenvalue weighted by Crippen LogP contribution is 2.51. The van der Waals surface area contributed by atoms with Crippen molar-refractivity contribution < 1.29 is 14.3 Å². The molecule has 1 amide bonds. The zero-order valence-electron chi connectivity index (χ0n) is 22.4. The van der Waals surface area contributed by atoms with E-state index < -0.39 is 0 Å². The average molecular weight is 491 g/mol. The van der Waals surface area contributed by atoms with Gasteiger partial charge in [0.15, 0.2) is 0 Å². The van der Waals surface area contributed by atoms with E-state index in [1.807, 2.05) is 49.6 Å². The first-order valence-electron chi connectivity index (χ1n) is 13.3. The average Bonchev–Trinajstić information content (AvgIpc) is 2.91. The molecule has 4 atom stereocenters. The van der Waals surface area contributed by atoms with Crippen LogP contribution in [0.5, 0.6) is 5.75 Å². The maximum absolute atomic E-state index is 13.9. The summed E-state index contributed by atoms with van der Waals surface area (Å²) in [6.45, 7) is 11.9. The smallest absolute Gasteiger partial charge is 0.254 e. The number of fused-ring (bicyclic) bond motifs is 1. The highest BCUT2D eigenvalue weighted by atomic mass is 16.5. The topological polar surface area (TPSA) is 42.0 Å². The Hall–Kier alpha value is -2.63. The third kappa shape index (κ3) is 5.37. The van der Waals surface area contributed by atoms with Gasteiger partial charge in [-0.3, -0.25) is 9.69 Å². The van der Waals surface area contributed by atoms with E-state index in [9.17, 15) is 4.79 Å². The number of piperidine rings is 1. The van der Waals surface area contributed by atoms with E-state index in [2.05, 4.69) is 48.4 Å². The molecule has 3 unspecified atom stereocenters. The van der Waals surface area contributed by atoms with E-state index in [1.165, 1.54) is 5.56 Å². The summed E-state index contributed by atoms with van der Waals surface area (Å²) < 4.78 is 11.9. The predicted molar refractivity (Wildman–Crippen MR) is 146 cm³/mol. The fraction of sp³-hybridized carbons (Fsp3) is 0.516. The maximum atomic E-state index is 13.9. The van der Waals surface area contributed by atoms with E-state index >= 15 is 0 Å². The number of rotatable bonds is 9. The minimum absolute atomic E-state index is 0.0563. The molecule has 2 aliphatic rings. The molecule has 4 rings (SSSR count). The number of methoxy groups -OCH3 is 2. The third-order valence-corrected chi connectivity index (χ3v) is 8.21. The summed E-state index contributed by atoms with van der Waals surface area (Å²) >= 11 is 0. The zero-order chi connectivity index (χ0) is 25.7. The molecule has 0 N–H and O–H groups in total. The number of carbonyl (C=O) groups is 1. The molecule has 0 radical (unpaired) electrons. The molecule has 1 aliphatic carbocycles. The Kier molecular flexibility index (Phi) is 8.53. The van der Waals surface area contributed by atoms with Gasteiger partial charge in [-0.1, -0.05) is 50.3 Å². The lowest BCUT2D eigenvalue weighted by Crippen LogP contribution is -2.62. The first-order valence-corrected chi connectivity index (χ1v) is 13.3. The summed E-state index contributed by atoms with van der Waals surface area (Å²) in [7, 11) is 3.56. The number of carbonyl (C=O) groups excluding carboxylic acids is 1. The van der Waals surface area contributed by atoms with Gasteiger partial charge < -0.3 is 14.4 Å². The number of nitrogens with zero attached hydrogens (tertiary/aromatic N) is 2. The van der Waals surface area contributed by atoms with Gasteiger partial charge in [0.25, 0.3) is 5.91 Å². The van der Waals surface area contributed by atoms with Gasteiger partial charge in [0.1, 0.15) is 5.75 Å². The summed E-state index contributed by atoms with van der Waals surface area (Å²) in [6, 6.07) is 18.4. The molecule has 5 heteroatoms. The quantitative estimate of drug-likeness (QED) is 0.441. The highest BCUT2D eigenvalue weighted by Gasteiger charge is 2.53. The second-order valence-electron chi connectivity index (χ2n) is 10.9. The summed E-state index contributed by atoms with van der Waals surface area (Å²) in [5.41, 5.74) is 1.96. The van der Waals surface area contributed by atoms with Gasteiger partial charge in [0.05, 0.1) is 13.2 Å². The van der Waals surface area contributed by atoms with Crippen LogP contribution in [0.25, 0.3) is 0 Å². The number of likely N-dealkylation sites (tertiary alicyclic amines) is 1. The molecule has 2 aromatic rings. The lowest BCUT2D eigenvalue weighted by atomic mass is 9.56. The van der Waals surface area contributed by atoms with Crippen LogP contribution in [0.3, 0.4) is 0 Å². The normalized spacial score (nSPS) is 26.3. The monoisotopic (exact) mass is 490 g/mol. The van der Waals surface area contributed by atoms with Crippen LogP contribution in [-0.2, 0) is 10.2 Å². The third-order valence-electron chi connectivity index (χ3n) is 8.21. The summed E-state index contributed by atoms with van der Waals surface area (Å²) in [6.07, 6.45) is 4.84. The zero-order valence-corrected chi connectivity index (χ0v) is 22.4. The molecule has 0 spiro atoms. The second kappa shape index (κ2) is 11.6. The number of hydrogen-bond acceptors (Lipinski definition) is 4. The van der Waals surface area contributed by atoms with Crippen molar-refractivity contribution in [3.05, 3.63) is 78.4 Å². The first kappa shape index (κ1) is 26.4. The number of ether oxygens (including phenoxy) is 2. The van der Waals surface area contributed by atoms with Gasteiger partial charge in [0, 0.05) is 49.7 Å². The van der Waals surface area contributed by atoms with E-state index in [-0.39, 0.29) is 23.5 Å². The van der Waals surface area contributed by atoms with Crippen LogP contribution in [0.15, 0.2) is 67.3 Å². The number of amides is 1. The molecular formula is C31H42N2O3. The van der Waals surface area contributed by atoms with Gasteiger partial charge in [-0.15, -0.1) is 6.58 Å². The van der Waals surface area contributed by atoms with Crippen LogP contribution < -0.4 is 4.74 Å². The van der Waals surface area contributed by atoms with E-state index in [4.69, 9.17) is 9.47 Å². The van der Waals surface area contributed by atoms with Crippen molar-refractivity contribution in [1.82, 2.24) is 9.80 Å². The van der Waals surface area contributed by atoms with Crippen molar-refractivity contribution >= 4 is 5.91 Å². The Morgan fingerprint density at radius 2 is 1.97 bits per heavy atom. The largest absolute Gasteiger partial charge is 0.497 e. The Labute approximate surface area is 217 Å². The van der Waals surface area contributed by atoms with Gasteiger partial charge in [-0.25, -0.2) is 0 Å². The van der Waals surface area contributed by atoms with Crippen molar-refractivity contribution in [3.8, 4) is 5.75 Å². The second-order valence-corrected chi connectivity index (χ2v) is 10.9. The van der Waals surface area contributed by atoms with Crippen LogP contribution in [0, 0.1) is 11.8 Å². The molecular weight excluding hydrogens is 448 g/mol. The molecule has 0 aromatic heterocycles. The molecule has 5 nitrogen and oxygen atoms in total. The molecule has 36 heavy (non-hydrogen) atoms. The van der Waals surface area contributed by atoms with E-state index in [1.54, 1.807) is 7.11 Å². The SMILES string of the molecule is C=CCN1CCC2(c3cccc(OC)c3)C[C@@H](N(CC(C)C)C(=O)c3ccccc3)CC(OC)C2C1. The van der Waals surface area contributed by atoms with Crippen LogP contribution >= 0.6 is 0 Å². The predicted octanol–water partition coefficient (Wildman–Crippen LogP) is 5.42. The standard InChI is InChI=1S/C31H42N2O3/c1-6-16-32-17-15-31(25-13-10-14-27(18-25)35-4)20-26(19-29(36-5)28(31)22-32)33(21-23(2)3)30(34)24-11-8-7-9-12-24/h6-14,18,23,26,28-29H,1,15-17,19-22H2,2-5H3/t26-,28?,29?,31?/m0/s1. The van der Waals surface area contributed by atoms with Crippen molar-refractivity contribution in [1.29, 1.82) is 0 Å². The van der Waals surface area contributed by atoms with Crippen LogP contribution in [0.1, 0.15) is 49.0 Å². The van der Waals surface area contributed by atoms with Crippen LogP contribution in [0.2, 0.25) is 0 Å². The lowest BCUT2D eigenvalue weighted by Gasteiger charge is -2.57. The summed E-state index contributed by atoms with van der Waals surface area (Å²) in [4.78, 5) is 18.5.